The predicted molar refractivity (Wildman–Crippen MR) is 88.7 cm³/mol. The van der Waals surface area contributed by atoms with E-state index >= 15 is 0 Å². The minimum atomic E-state index is -0.268. The first-order valence-electron chi connectivity index (χ1n) is 7.37. The number of rotatable bonds is 5. The summed E-state index contributed by atoms with van der Waals surface area (Å²) in [5.41, 5.74) is 5.67. The first-order valence-corrected chi connectivity index (χ1v) is 8.56. The van der Waals surface area contributed by atoms with Gasteiger partial charge in [-0.1, -0.05) is 11.6 Å². The summed E-state index contributed by atoms with van der Waals surface area (Å²) < 4.78 is 0.836. The van der Waals surface area contributed by atoms with Gasteiger partial charge in [0.05, 0.1) is 4.34 Å². The molecular formula is C15H24ClN3OS. The number of thiophene rings is 1. The Kier molecular flexibility index (Phi) is 5.66. The Morgan fingerprint density at radius 1 is 1.33 bits per heavy atom. The topological polar surface area (TPSA) is 49.6 Å². The highest BCUT2D eigenvalue weighted by molar-refractivity contribution is 7.16. The first kappa shape index (κ1) is 16.7. The number of carbonyl (C=O) groups is 1. The van der Waals surface area contributed by atoms with E-state index in [2.05, 4.69) is 11.0 Å². The van der Waals surface area contributed by atoms with Gasteiger partial charge in [-0.05, 0) is 32.4 Å². The Bertz CT molecular complexity index is 476. The zero-order valence-electron chi connectivity index (χ0n) is 12.8. The van der Waals surface area contributed by atoms with Crippen molar-refractivity contribution in [2.24, 2.45) is 5.73 Å². The molecule has 2 heterocycles. The number of hydrogen-bond donors (Lipinski definition) is 1. The monoisotopic (exact) mass is 329 g/mol. The molecule has 2 rings (SSSR count). The lowest BCUT2D eigenvalue weighted by molar-refractivity contribution is -0.133. The van der Waals surface area contributed by atoms with Gasteiger partial charge in [0.1, 0.15) is 0 Å². The van der Waals surface area contributed by atoms with Crippen LogP contribution < -0.4 is 5.73 Å². The highest BCUT2D eigenvalue weighted by Crippen LogP contribution is 2.23. The maximum atomic E-state index is 12.1. The minimum Gasteiger partial charge on any atom is -0.340 e. The van der Waals surface area contributed by atoms with Gasteiger partial charge in [-0.25, -0.2) is 0 Å². The molecule has 1 aliphatic rings. The summed E-state index contributed by atoms with van der Waals surface area (Å²) in [7, 11) is 0. The van der Waals surface area contributed by atoms with E-state index in [0.717, 1.165) is 43.5 Å². The minimum absolute atomic E-state index is 0.229. The third kappa shape index (κ3) is 5.58. The van der Waals surface area contributed by atoms with E-state index in [1.54, 1.807) is 11.3 Å². The smallest absolute Gasteiger partial charge is 0.222 e. The van der Waals surface area contributed by atoms with Crippen LogP contribution in [0.25, 0.3) is 0 Å². The van der Waals surface area contributed by atoms with Crippen molar-refractivity contribution in [3.05, 3.63) is 21.3 Å². The van der Waals surface area contributed by atoms with Crippen LogP contribution in [0.2, 0.25) is 4.34 Å². The molecule has 0 aliphatic carbocycles. The van der Waals surface area contributed by atoms with Crippen molar-refractivity contribution in [3.63, 3.8) is 0 Å². The molecule has 0 unspecified atom stereocenters. The van der Waals surface area contributed by atoms with Crippen LogP contribution in [0, 0.1) is 0 Å². The highest BCUT2D eigenvalue weighted by atomic mass is 35.5. The number of carbonyl (C=O) groups excluding carboxylic acids is 1. The average molecular weight is 330 g/mol. The summed E-state index contributed by atoms with van der Waals surface area (Å²) in [6.45, 7) is 8.32. The molecule has 6 heteroatoms. The van der Waals surface area contributed by atoms with Crippen molar-refractivity contribution in [2.45, 2.75) is 38.8 Å². The fraction of sp³-hybridized carbons (Fsp3) is 0.667. The first-order chi connectivity index (χ1) is 9.83. The molecule has 0 radical (unpaired) electrons. The quantitative estimate of drug-likeness (QED) is 0.903. The number of piperazine rings is 1. The van der Waals surface area contributed by atoms with E-state index < -0.39 is 0 Å². The van der Waals surface area contributed by atoms with Crippen molar-refractivity contribution in [2.75, 3.05) is 26.2 Å². The van der Waals surface area contributed by atoms with Crippen LogP contribution >= 0.6 is 22.9 Å². The number of amides is 1. The van der Waals surface area contributed by atoms with E-state index in [1.807, 2.05) is 24.8 Å². The summed E-state index contributed by atoms with van der Waals surface area (Å²) in [5, 5.41) is 0. The molecule has 0 saturated carbocycles. The van der Waals surface area contributed by atoms with E-state index in [4.69, 9.17) is 17.3 Å². The lowest BCUT2D eigenvalue weighted by Gasteiger charge is -2.35. The van der Waals surface area contributed by atoms with Gasteiger partial charge in [0.2, 0.25) is 5.91 Å². The second-order valence-corrected chi connectivity index (χ2v) is 8.15. The van der Waals surface area contributed by atoms with Gasteiger partial charge in [0.25, 0.3) is 0 Å². The Hall–Kier alpha value is -0.620. The second-order valence-electron chi connectivity index (χ2n) is 6.35. The SMILES string of the molecule is CC(C)(N)CCC(=O)N1CCN(Cc2ccc(Cl)s2)CC1. The van der Waals surface area contributed by atoms with E-state index in [1.165, 1.54) is 4.88 Å². The molecule has 1 fully saturated rings. The van der Waals surface area contributed by atoms with Crippen LogP contribution in [0.15, 0.2) is 12.1 Å². The number of halogens is 1. The standard InChI is InChI=1S/C15H24ClN3OS/c1-15(2,17)6-5-14(20)19-9-7-18(8-10-19)11-12-3-4-13(16)21-12/h3-4H,5-11,17H2,1-2H3. The fourth-order valence-corrected chi connectivity index (χ4v) is 3.53. The second kappa shape index (κ2) is 7.09. The van der Waals surface area contributed by atoms with E-state index in [9.17, 15) is 4.79 Å². The molecule has 1 aliphatic heterocycles. The van der Waals surface area contributed by atoms with Crippen LogP contribution in [-0.2, 0) is 11.3 Å². The summed E-state index contributed by atoms with van der Waals surface area (Å²) in [5.74, 6) is 0.229. The molecule has 2 N–H and O–H groups in total. The van der Waals surface area contributed by atoms with Crippen LogP contribution in [0.5, 0.6) is 0 Å². The Balaban J connectivity index is 1.74. The molecule has 1 aromatic heterocycles. The van der Waals surface area contributed by atoms with Gasteiger partial charge in [0, 0.05) is 49.6 Å². The Labute approximate surface area is 135 Å². The molecule has 118 valence electrons. The third-order valence-electron chi connectivity index (χ3n) is 3.72. The molecular weight excluding hydrogens is 306 g/mol. The van der Waals surface area contributed by atoms with Crippen molar-refractivity contribution < 1.29 is 4.79 Å². The molecule has 1 amide bonds. The summed E-state index contributed by atoms with van der Waals surface area (Å²) in [4.78, 5) is 17.8. The average Bonchev–Trinajstić information content (AvgIpc) is 2.81. The molecule has 4 nitrogen and oxygen atoms in total. The molecule has 0 atom stereocenters. The van der Waals surface area contributed by atoms with Crippen LogP contribution in [0.3, 0.4) is 0 Å². The number of nitrogens with two attached hydrogens (primary N) is 1. The Morgan fingerprint density at radius 2 is 2.00 bits per heavy atom. The molecule has 1 saturated heterocycles. The summed E-state index contributed by atoms with van der Waals surface area (Å²) in [6, 6.07) is 4.02. The zero-order valence-corrected chi connectivity index (χ0v) is 14.3. The lowest BCUT2D eigenvalue weighted by Crippen LogP contribution is -2.48. The molecule has 0 spiro atoms. The maximum absolute atomic E-state index is 12.1. The summed E-state index contributed by atoms with van der Waals surface area (Å²) in [6.07, 6.45) is 1.28. The van der Waals surface area contributed by atoms with E-state index in [-0.39, 0.29) is 11.4 Å². The maximum Gasteiger partial charge on any atom is 0.222 e. The van der Waals surface area contributed by atoms with Gasteiger partial charge in [0.15, 0.2) is 0 Å². The summed E-state index contributed by atoms with van der Waals surface area (Å²) >= 11 is 7.58. The fourth-order valence-electron chi connectivity index (χ4n) is 2.40. The van der Waals surface area contributed by atoms with Crippen molar-refractivity contribution in [1.82, 2.24) is 9.80 Å². The molecule has 1 aromatic rings. The van der Waals surface area contributed by atoms with Gasteiger partial charge in [-0.15, -0.1) is 11.3 Å². The molecule has 21 heavy (non-hydrogen) atoms. The van der Waals surface area contributed by atoms with E-state index in [0.29, 0.717) is 6.42 Å². The van der Waals surface area contributed by atoms with Gasteiger partial charge in [-0.2, -0.15) is 0 Å². The van der Waals surface area contributed by atoms with Crippen LogP contribution in [-0.4, -0.2) is 47.4 Å². The van der Waals surface area contributed by atoms with Gasteiger partial charge < -0.3 is 10.6 Å². The number of hydrogen-bond acceptors (Lipinski definition) is 4. The normalized spacial score (nSPS) is 17.2. The predicted octanol–water partition coefficient (Wildman–Crippen LogP) is 2.56. The number of nitrogens with zero attached hydrogens (tertiary/aromatic N) is 2. The van der Waals surface area contributed by atoms with Crippen molar-refractivity contribution in [3.8, 4) is 0 Å². The van der Waals surface area contributed by atoms with Crippen LogP contribution in [0.4, 0.5) is 0 Å². The molecule has 0 bridgehead atoms. The third-order valence-corrected chi connectivity index (χ3v) is 4.93. The van der Waals surface area contributed by atoms with Gasteiger partial charge >= 0.3 is 0 Å². The lowest BCUT2D eigenvalue weighted by atomic mass is 9.99. The van der Waals surface area contributed by atoms with Crippen LogP contribution in [0.1, 0.15) is 31.6 Å². The largest absolute Gasteiger partial charge is 0.340 e. The van der Waals surface area contributed by atoms with Gasteiger partial charge in [-0.3, -0.25) is 9.69 Å². The zero-order chi connectivity index (χ0) is 15.5. The van der Waals surface area contributed by atoms with Crippen molar-refractivity contribution >= 4 is 28.8 Å². The van der Waals surface area contributed by atoms with Crippen molar-refractivity contribution in [1.29, 1.82) is 0 Å². The Morgan fingerprint density at radius 3 is 2.52 bits per heavy atom. The molecule has 0 aromatic carbocycles. The highest BCUT2D eigenvalue weighted by Gasteiger charge is 2.22.